The van der Waals surface area contributed by atoms with Crippen molar-refractivity contribution >= 4 is 0 Å². The minimum Gasteiger partial charge on any atom is -0.496 e. The second kappa shape index (κ2) is 5.70. The van der Waals surface area contributed by atoms with Gasteiger partial charge in [0.2, 0.25) is 0 Å². The average Bonchev–Trinajstić information content (AvgIpc) is 2.38. The SMILES string of the molecule is COc1ccc(F)cc1C1CC(C)CCC1CN. The lowest BCUT2D eigenvalue weighted by Crippen LogP contribution is -2.28. The van der Waals surface area contributed by atoms with E-state index >= 15 is 0 Å². The van der Waals surface area contributed by atoms with Crippen LogP contribution >= 0.6 is 0 Å². The predicted octanol–water partition coefficient (Wildman–Crippen LogP) is 3.31. The number of halogens is 1. The number of hydrogen-bond donors (Lipinski definition) is 1. The molecule has 0 radical (unpaired) electrons. The van der Waals surface area contributed by atoms with Crippen LogP contribution in [0.3, 0.4) is 0 Å². The number of methoxy groups -OCH3 is 1. The van der Waals surface area contributed by atoms with Crippen LogP contribution in [-0.4, -0.2) is 13.7 Å². The molecule has 0 aliphatic heterocycles. The Morgan fingerprint density at radius 1 is 1.39 bits per heavy atom. The molecule has 1 aromatic rings. The Kier molecular flexibility index (Phi) is 4.23. The second-order valence-electron chi connectivity index (χ2n) is 5.41. The monoisotopic (exact) mass is 251 g/mol. The zero-order valence-corrected chi connectivity index (χ0v) is 11.2. The van der Waals surface area contributed by atoms with E-state index in [-0.39, 0.29) is 5.82 Å². The minimum absolute atomic E-state index is 0.195. The van der Waals surface area contributed by atoms with Gasteiger partial charge in [0, 0.05) is 5.56 Å². The molecule has 2 N–H and O–H groups in total. The third-order valence-electron chi connectivity index (χ3n) is 4.15. The molecule has 0 aromatic heterocycles. The summed E-state index contributed by atoms with van der Waals surface area (Å²) in [7, 11) is 1.64. The Morgan fingerprint density at radius 2 is 2.17 bits per heavy atom. The molecule has 1 fully saturated rings. The lowest BCUT2D eigenvalue weighted by molar-refractivity contribution is 0.248. The summed E-state index contributed by atoms with van der Waals surface area (Å²) in [5, 5.41) is 0. The van der Waals surface area contributed by atoms with Crippen molar-refractivity contribution in [2.75, 3.05) is 13.7 Å². The Labute approximate surface area is 108 Å². The van der Waals surface area contributed by atoms with Crippen LogP contribution < -0.4 is 10.5 Å². The van der Waals surface area contributed by atoms with Crippen LogP contribution in [0.2, 0.25) is 0 Å². The topological polar surface area (TPSA) is 35.2 Å². The first-order chi connectivity index (χ1) is 8.65. The van der Waals surface area contributed by atoms with Gasteiger partial charge < -0.3 is 10.5 Å². The van der Waals surface area contributed by atoms with Crippen molar-refractivity contribution in [2.24, 2.45) is 17.6 Å². The van der Waals surface area contributed by atoms with Crippen molar-refractivity contribution in [3.8, 4) is 5.75 Å². The van der Waals surface area contributed by atoms with E-state index in [4.69, 9.17) is 10.5 Å². The van der Waals surface area contributed by atoms with E-state index in [1.807, 2.05) is 0 Å². The summed E-state index contributed by atoms with van der Waals surface area (Å²) in [6, 6.07) is 4.79. The summed E-state index contributed by atoms with van der Waals surface area (Å²) in [5.41, 5.74) is 6.86. The Bertz CT molecular complexity index is 407. The van der Waals surface area contributed by atoms with Gasteiger partial charge in [-0.3, -0.25) is 0 Å². The highest BCUT2D eigenvalue weighted by molar-refractivity contribution is 5.37. The van der Waals surface area contributed by atoms with E-state index in [1.165, 1.54) is 12.5 Å². The number of hydrogen-bond acceptors (Lipinski definition) is 2. The lowest BCUT2D eigenvalue weighted by Gasteiger charge is -2.35. The molecule has 0 spiro atoms. The molecule has 18 heavy (non-hydrogen) atoms. The molecule has 1 aliphatic rings. The largest absolute Gasteiger partial charge is 0.496 e. The molecule has 3 unspecified atom stereocenters. The van der Waals surface area contributed by atoms with Crippen molar-refractivity contribution in [3.63, 3.8) is 0 Å². The third kappa shape index (κ3) is 2.66. The first-order valence-corrected chi connectivity index (χ1v) is 6.69. The van der Waals surface area contributed by atoms with Crippen LogP contribution in [-0.2, 0) is 0 Å². The molecule has 1 aliphatic carbocycles. The van der Waals surface area contributed by atoms with Gasteiger partial charge in [-0.1, -0.05) is 13.3 Å². The summed E-state index contributed by atoms with van der Waals surface area (Å²) in [6.07, 6.45) is 3.42. The number of ether oxygens (including phenoxy) is 1. The molecular weight excluding hydrogens is 229 g/mol. The molecule has 100 valence electrons. The molecular formula is C15H22FNO. The molecule has 0 bridgehead atoms. The van der Waals surface area contributed by atoms with Gasteiger partial charge in [-0.15, -0.1) is 0 Å². The van der Waals surface area contributed by atoms with Crippen molar-refractivity contribution in [1.82, 2.24) is 0 Å². The summed E-state index contributed by atoms with van der Waals surface area (Å²) in [5.74, 6) is 2.03. The van der Waals surface area contributed by atoms with Gasteiger partial charge in [0.15, 0.2) is 0 Å². The minimum atomic E-state index is -0.195. The molecule has 2 rings (SSSR count). The second-order valence-corrected chi connectivity index (χ2v) is 5.41. The van der Waals surface area contributed by atoms with E-state index in [1.54, 1.807) is 19.2 Å². The van der Waals surface area contributed by atoms with Crippen molar-refractivity contribution < 1.29 is 9.13 Å². The number of benzene rings is 1. The van der Waals surface area contributed by atoms with Crippen LogP contribution in [0, 0.1) is 17.7 Å². The van der Waals surface area contributed by atoms with Gasteiger partial charge in [0.1, 0.15) is 11.6 Å². The fourth-order valence-electron chi connectivity index (χ4n) is 3.10. The molecule has 0 amide bonds. The van der Waals surface area contributed by atoms with Gasteiger partial charge in [0.25, 0.3) is 0 Å². The zero-order valence-electron chi connectivity index (χ0n) is 11.2. The molecule has 0 saturated heterocycles. The smallest absolute Gasteiger partial charge is 0.123 e. The molecule has 3 atom stereocenters. The standard InChI is InChI=1S/C15H22FNO/c1-10-3-4-11(9-17)13(7-10)14-8-12(16)5-6-15(14)18-2/h5-6,8,10-11,13H,3-4,7,9,17H2,1-2H3. The highest BCUT2D eigenvalue weighted by Crippen LogP contribution is 2.43. The fraction of sp³-hybridized carbons (Fsp3) is 0.600. The van der Waals surface area contributed by atoms with E-state index in [0.29, 0.717) is 24.3 Å². The van der Waals surface area contributed by atoms with Gasteiger partial charge >= 0.3 is 0 Å². The molecule has 1 saturated carbocycles. The fourth-order valence-corrected chi connectivity index (χ4v) is 3.10. The molecule has 0 heterocycles. The van der Waals surface area contributed by atoms with Crippen LogP contribution in [0.5, 0.6) is 5.75 Å². The maximum Gasteiger partial charge on any atom is 0.123 e. The van der Waals surface area contributed by atoms with Gasteiger partial charge in [-0.05, 0) is 55.3 Å². The summed E-state index contributed by atoms with van der Waals surface area (Å²) in [4.78, 5) is 0. The molecule has 1 aromatic carbocycles. The van der Waals surface area contributed by atoms with E-state index < -0.39 is 0 Å². The van der Waals surface area contributed by atoms with Crippen LogP contribution in [0.25, 0.3) is 0 Å². The van der Waals surface area contributed by atoms with Crippen molar-refractivity contribution in [1.29, 1.82) is 0 Å². The Hall–Kier alpha value is -1.09. The first-order valence-electron chi connectivity index (χ1n) is 6.69. The maximum absolute atomic E-state index is 13.5. The van der Waals surface area contributed by atoms with Gasteiger partial charge in [-0.2, -0.15) is 0 Å². The first kappa shape index (κ1) is 13.3. The highest BCUT2D eigenvalue weighted by atomic mass is 19.1. The lowest BCUT2D eigenvalue weighted by atomic mass is 9.71. The van der Waals surface area contributed by atoms with Gasteiger partial charge in [-0.25, -0.2) is 4.39 Å². The van der Waals surface area contributed by atoms with Crippen molar-refractivity contribution in [3.05, 3.63) is 29.6 Å². The Balaban J connectivity index is 2.34. The maximum atomic E-state index is 13.5. The van der Waals surface area contributed by atoms with Crippen LogP contribution in [0.4, 0.5) is 4.39 Å². The summed E-state index contributed by atoms with van der Waals surface area (Å²) >= 11 is 0. The van der Waals surface area contributed by atoms with Crippen molar-refractivity contribution in [2.45, 2.75) is 32.1 Å². The normalized spacial score (nSPS) is 28.1. The summed E-state index contributed by atoms with van der Waals surface area (Å²) in [6.45, 7) is 2.92. The van der Waals surface area contributed by atoms with Crippen LogP contribution in [0.1, 0.15) is 37.7 Å². The molecule has 2 nitrogen and oxygen atoms in total. The third-order valence-corrected chi connectivity index (χ3v) is 4.15. The number of nitrogens with two attached hydrogens (primary N) is 1. The number of rotatable bonds is 3. The quantitative estimate of drug-likeness (QED) is 0.894. The van der Waals surface area contributed by atoms with E-state index in [9.17, 15) is 4.39 Å². The highest BCUT2D eigenvalue weighted by Gasteiger charge is 2.30. The predicted molar refractivity (Wildman–Crippen MR) is 71.3 cm³/mol. The van der Waals surface area contributed by atoms with Crippen LogP contribution in [0.15, 0.2) is 18.2 Å². The Morgan fingerprint density at radius 3 is 2.83 bits per heavy atom. The van der Waals surface area contributed by atoms with E-state index in [0.717, 1.165) is 24.2 Å². The summed E-state index contributed by atoms with van der Waals surface area (Å²) < 4.78 is 18.9. The zero-order chi connectivity index (χ0) is 13.1. The molecule has 3 heteroatoms. The van der Waals surface area contributed by atoms with E-state index in [2.05, 4.69) is 6.92 Å². The van der Waals surface area contributed by atoms with Gasteiger partial charge in [0.05, 0.1) is 7.11 Å². The average molecular weight is 251 g/mol.